The number of alkyl halides is 1. The summed E-state index contributed by atoms with van der Waals surface area (Å²) >= 11 is 5.57. The lowest BCUT2D eigenvalue weighted by Gasteiger charge is -2.13. The molecular weight excluding hydrogens is 250 g/mol. The SMILES string of the molecule is CCOc1ccc(OCC)c(NC/C=C/CCl)c1. The topological polar surface area (TPSA) is 30.5 Å². The zero-order valence-electron chi connectivity index (χ0n) is 10.9. The van der Waals surface area contributed by atoms with Crippen LogP contribution in [0.2, 0.25) is 0 Å². The number of hydrogen-bond donors (Lipinski definition) is 1. The quantitative estimate of drug-likeness (QED) is 0.577. The summed E-state index contributed by atoms with van der Waals surface area (Å²) < 4.78 is 11.0. The molecular formula is C14H20ClNO2. The molecule has 1 aromatic rings. The van der Waals surface area contributed by atoms with Crippen molar-refractivity contribution in [2.24, 2.45) is 0 Å². The van der Waals surface area contributed by atoms with Gasteiger partial charge in [0.1, 0.15) is 11.5 Å². The molecule has 0 aliphatic rings. The van der Waals surface area contributed by atoms with Crippen molar-refractivity contribution < 1.29 is 9.47 Å². The Morgan fingerprint density at radius 2 is 1.94 bits per heavy atom. The predicted molar refractivity (Wildman–Crippen MR) is 77.1 cm³/mol. The van der Waals surface area contributed by atoms with Gasteiger partial charge >= 0.3 is 0 Å². The molecule has 4 heteroatoms. The molecule has 0 radical (unpaired) electrons. The predicted octanol–water partition coefficient (Wildman–Crippen LogP) is 3.69. The minimum atomic E-state index is 0.527. The molecule has 0 aliphatic carbocycles. The lowest BCUT2D eigenvalue weighted by atomic mass is 10.2. The maximum absolute atomic E-state index is 5.57. The summed E-state index contributed by atoms with van der Waals surface area (Å²) in [7, 11) is 0. The number of rotatable bonds is 8. The zero-order chi connectivity index (χ0) is 13.2. The molecule has 0 saturated carbocycles. The summed E-state index contributed by atoms with van der Waals surface area (Å²) in [6.45, 7) is 5.93. The third kappa shape index (κ3) is 4.88. The second kappa shape index (κ2) is 8.70. The average Bonchev–Trinajstić information content (AvgIpc) is 2.38. The maximum atomic E-state index is 5.57. The van der Waals surface area contributed by atoms with Gasteiger partial charge in [-0.05, 0) is 26.0 Å². The first-order chi connectivity index (χ1) is 8.81. The van der Waals surface area contributed by atoms with Crippen LogP contribution >= 0.6 is 11.6 Å². The van der Waals surface area contributed by atoms with Crippen molar-refractivity contribution in [3.8, 4) is 11.5 Å². The third-order valence-corrected chi connectivity index (χ3v) is 2.41. The van der Waals surface area contributed by atoms with Crippen LogP contribution in [0.15, 0.2) is 30.4 Å². The van der Waals surface area contributed by atoms with E-state index in [1.165, 1.54) is 0 Å². The van der Waals surface area contributed by atoms with Crippen molar-refractivity contribution >= 4 is 17.3 Å². The summed E-state index contributed by atoms with van der Waals surface area (Å²) in [5.74, 6) is 2.20. The molecule has 1 N–H and O–H groups in total. The highest BCUT2D eigenvalue weighted by Crippen LogP contribution is 2.29. The Bertz CT molecular complexity index is 380. The van der Waals surface area contributed by atoms with Crippen LogP contribution in [0.4, 0.5) is 5.69 Å². The molecule has 100 valence electrons. The lowest BCUT2D eigenvalue weighted by molar-refractivity contribution is 0.332. The number of benzene rings is 1. The fourth-order valence-electron chi connectivity index (χ4n) is 1.50. The normalized spacial score (nSPS) is 10.6. The Morgan fingerprint density at radius 1 is 1.17 bits per heavy atom. The molecule has 0 amide bonds. The van der Waals surface area contributed by atoms with E-state index in [4.69, 9.17) is 21.1 Å². The van der Waals surface area contributed by atoms with Gasteiger partial charge in [-0.25, -0.2) is 0 Å². The first kappa shape index (κ1) is 14.7. The highest BCUT2D eigenvalue weighted by molar-refractivity contribution is 6.18. The van der Waals surface area contributed by atoms with Crippen molar-refractivity contribution in [2.75, 3.05) is 31.0 Å². The molecule has 0 heterocycles. The maximum Gasteiger partial charge on any atom is 0.142 e. The highest BCUT2D eigenvalue weighted by Gasteiger charge is 2.04. The minimum absolute atomic E-state index is 0.527. The van der Waals surface area contributed by atoms with Gasteiger partial charge in [-0.3, -0.25) is 0 Å². The van der Waals surface area contributed by atoms with Gasteiger partial charge in [-0.2, -0.15) is 0 Å². The number of ether oxygens (including phenoxy) is 2. The Morgan fingerprint density at radius 3 is 2.61 bits per heavy atom. The highest BCUT2D eigenvalue weighted by atomic mass is 35.5. The Hall–Kier alpha value is -1.35. The van der Waals surface area contributed by atoms with Crippen molar-refractivity contribution in [3.63, 3.8) is 0 Å². The number of anilines is 1. The fraction of sp³-hybridized carbons (Fsp3) is 0.429. The van der Waals surface area contributed by atoms with Gasteiger partial charge in [0.05, 0.1) is 18.9 Å². The summed E-state index contributed by atoms with van der Waals surface area (Å²) in [6, 6.07) is 5.78. The van der Waals surface area contributed by atoms with E-state index in [0.29, 0.717) is 25.6 Å². The van der Waals surface area contributed by atoms with Crippen molar-refractivity contribution in [3.05, 3.63) is 30.4 Å². The molecule has 0 saturated heterocycles. The molecule has 0 aromatic heterocycles. The van der Waals surface area contributed by atoms with Crippen LogP contribution in [0.3, 0.4) is 0 Å². The molecule has 1 rings (SSSR count). The third-order valence-electron chi connectivity index (χ3n) is 2.23. The van der Waals surface area contributed by atoms with Gasteiger partial charge in [-0.1, -0.05) is 12.2 Å². The molecule has 0 bridgehead atoms. The van der Waals surface area contributed by atoms with Crippen LogP contribution in [0, 0.1) is 0 Å². The van der Waals surface area contributed by atoms with E-state index in [1.54, 1.807) is 0 Å². The molecule has 0 unspecified atom stereocenters. The monoisotopic (exact) mass is 269 g/mol. The lowest BCUT2D eigenvalue weighted by Crippen LogP contribution is -2.03. The fourth-order valence-corrected chi connectivity index (χ4v) is 1.63. The average molecular weight is 270 g/mol. The van der Waals surface area contributed by atoms with Gasteiger partial charge in [0.2, 0.25) is 0 Å². The van der Waals surface area contributed by atoms with Gasteiger partial charge < -0.3 is 14.8 Å². The standard InChI is InChI=1S/C14H20ClNO2/c1-3-17-12-7-8-14(18-4-2)13(11-12)16-10-6-5-9-15/h5-8,11,16H,3-4,9-10H2,1-2H3/b6-5+. The van der Waals surface area contributed by atoms with Crippen LogP contribution in [-0.4, -0.2) is 25.6 Å². The van der Waals surface area contributed by atoms with Gasteiger partial charge in [-0.15, -0.1) is 11.6 Å². The van der Waals surface area contributed by atoms with Gasteiger partial charge in [0.25, 0.3) is 0 Å². The van der Waals surface area contributed by atoms with Gasteiger partial charge in [0.15, 0.2) is 0 Å². The Balaban J connectivity index is 2.75. The zero-order valence-corrected chi connectivity index (χ0v) is 11.7. The van der Waals surface area contributed by atoms with Crippen LogP contribution in [0.25, 0.3) is 0 Å². The summed E-state index contributed by atoms with van der Waals surface area (Å²) in [5, 5.41) is 3.28. The van der Waals surface area contributed by atoms with Crippen molar-refractivity contribution in [1.29, 1.82) is 0 Å². The van der Waals surface area contributed by atoms with Crippen molar-refractivity contribution in [1.82, 2.24) is 0 Å². The van der Waals surface area contributed by atoms with Crippen LogP contribution in [0.1, 0.15) is 13.8 Å². The number of halogens is 1. The number of nitrogens with one attached hydrogen (secondary N) is 1. The van der Waals surface area contributed by atoms with E-state index < -0.39 is 0 Å². The van der Waals surface area contributed by atoms with E-state index in [0.717, 1.165) is 17.2 Å². The van der Waals surface area contributed by atoms with Crippen LogP contribution < -0.4 is 14.8 Å². The van der Waals surface area contributed by atoms with E-state index in [-0.39, 0.29) is 0 Å². The molecule has 1 aromatic carbocycles. The second-order valence-corrected chi connectivity index (χ2v) is 3.84. The first-order valence-electron chi connectivity index (χ1n) is 6.16. The second-order valence-electron chi connectivity index (χ2n) is 3.53. The molecule has 18 heavy (non-hydrogen) atoms. The molecule has 0 aliphatic heterocycles. The Labute approximate surface area is 114 Å². The first-order valence-corrected chi connectivity index (χ1v) is 6.69. The van der Waals surface area contributed by atoms with Crippen LogP contribution in [0.5, 0.6) is 11.5 Å². The smallest absolute Gasteiger partial charge is 0.142 e. The Kier molecular flexibility index (Phi) is 7.11. The van der Waals surface area contributed by atoms with E-state index in [9.17, 15) is 0 Å². The number of hydrogen-bond acceptors (Lipinski definition) is 3. The molecule has 3 nitrogen and oxygen atoms in total. The van der Waals surface area contributed by atoms with E-state index >= 15 is 0 Å². The summed E-state index contributed by atoms with van der Waals surface area (Å²) in [5.41, 5.74) is 0.932. The number of allylic oxidation sites excluding steroid dienone is 1. The summed E-state index contributed by atoms with van der Waals surface area (Å²) in [4.78, 5) is 0. The minimum Gasteiger partial charge on any atom is -0.494 e. The molecule has 0 atom stereocenters. The van der Waals surface area contributed by atoms with Crippen molar-refractivity contribution in [2.45, 2.75) is 13.8 Å². The van der Waals surface area contributed by atoms with E-state index in [2.05, 4.69) is 5.32 Å². The van der Waals surface area contributed by atoms with Crippen LogP contribution in [-0.2, 0) is 0 Å². The molecule has 0 spiro atoms. The molecule has 0 fully saturated rings. The largest absolute Gasteiger partial charge is 0.494 e. The van der Waals surface area contributed by atoms with Gasteiger partial charge in [0, 0.05) is 18.5 Å². The summed E-state index contributed by atoms with van der Waals surface area (Å²) in [6.07, 6.45) is 3.89. The van der Waals surface area contributed by atoms with E-state index in [1.807, 2.05) is 44.2 Å².